The quantitative estimate of drug-likeness (QED) is 0.811. The van der Waals surface area contributed by atoms with Crippen LogP contribution in [-0.4, -0.2) is 32.4 Å². The van der Waals surface area contributed by atoms with E-state index >= 15 is 0 Å². The van der Waals surface area contributed by atoms with Crippen LogP contribution >= 0.6 is 11.3 Å². The average Bonchev–Trinajstić information content (AvgIpc) is 2.85. The van der Waals surface area contributed by atoms with Crippen molar-refractivity contribution in [3.63, 3.8) is 0 Å². The summed E-state index contributed by atoms with van der Waals surface area (Å²) in [6, 6.07) is 0. The first-order chi connectivity index (χ1) is 9.88. The minimum Gasteiger partial charge on any atom is -0.465 e. The number of fused-ring (bicyclic) bond motifs is 1. The number of carbonyl (C=O) groups is 1. The van der Waals surface area contributed by atoms with E-state index in [-0.39, 0.29) is 11.6 Å². The number of carbonyl (C=O) groups excluding carboxylic acids is 1. The van der Waals surface area contributed by atoms with Crippen molar-refractivity contribution in [1.82, 2.24) is 19.8 Å². The van der Waals surface area contributed by atoms with Gasteiger partial charge in [-0.15, -0.1) is 10.2 Å². The third-order valence-corrected chi connectivity index (χ3v) is 4.63. The molecule has 0 aromatic carbocycles. The van der Waals surface area contributed by atoms with E-state index < -0.39 is 23.4 Å². The molecule has 0 spiro atoms. The fourth-order valence-corrected chi connectivity index (χ4v) is 3.37. The molecule has 10 heteroatoms. The number of rotatable bonds is 3. The molecular weight excluding hydrogens is 309 g/mol. The van der Waals surface area contributed by atoms with E-state index in [0.29, 0.717) is 22.4 Å². The summed E-state index contributed by atoms with van der Waals surface area (Å²) in [5.74, 6) is -1.62. The smallest absolute Gasteiger partial charge is 0.453 e. The molecular formula is C11H11F3N4O2S. The van der Waals surface area contributed by atoms with Gasteiger partial charge >= 0.3 is 12.1 Å². The zero-order chi connectivity index (χ0) is 15.3. The van der Waals surface area contributed by atoms with Gasteiger partial charge in [0.1, 0.15) is 10.4 Å². The molecule has 0 saturated heterocycles. The first kappa shape index (κ1) is 14.2. The molecule has 114 valence electrons. The van der Waals surface area contributed by atoms with Gasteiger partial charge in [0.2, 0.25) is 4.96 Å². The van der Waals surface area contributed by atoms with Crippen molar-refractivity contribution in [1.29, 1.82) is 0 Å². The van der Waals surface area contributed by atoms with Gasteiger partial charge in [0, 0.05) is 0 Å². The third-order valence-electron chi connectivity index (χ3n) is 3.53. The highest BCUT2D eigenvalue weighted by Gasteiger charge is 2.50. The molecule has 0 N–H and O–H groups in total. The van der Waals surface area contributed by atoms with E-state index in [0.717, 1.165) is 17.8 Å². The summed E-state index contributed by atoms with van der Waals surface area (Å²) in [7, 11) is 0. The van der Waals surface area contributed by atoms with Crippen molar-refractivity contribution in [2.24, 2.45) is 0 Å². The number of alkyl halides is 3. The van der Waals surface area contributed by atoms with Gasteiger partial charge in [0.15, 0.2) is 0 Å². The highest BCUT2D eigenvalue weighted by Crippen LogP contribution is 2.46. The molecule has 0 atom stereocenters. The number of halogens is 3. The fourth-order valence-electron chi connectivity index (χ4n) is 2.29. The molecule has 2 heterocycles. The predicted molar refractivity (Wildman–Crippen MR) is 65.8 cm³/mol. The second-order valence-corrected chi connectivity index (χ2v) is 5.74. The van der Waals surface area contributed by atoms with Crippen LogP contribution in [-0.2, 0) is 21.1 Å². The van der Waals surface area contributed by atoms with Crippen LogP contribution in [0.1, 0.15) is 37.0 Å². The SMILES string of the molecule is CCOC(=O)C1(c2nn3c(C(F)(F)F)nnc3s2)CCC1. The minimum absolute atomic E-state index is 0.0212. The van der Waals surface area contributed by atoms with Crippen LogP contribution in [0.3, 0.4) is 0 Å². The summed E-state index contributed by atoms with van der Waals surface area (Å²) in [4.78, 5) is 12.1. The van der Waals surface area contributed by atoms with E-state index in [4.69, 9.17) is 4.74 Å². The molecule has 0 amide bonds. The number of aromatic nitrogens is 4. The lowest BCUT2D eigenvalue weighted by molar-refractivity contribution is -0.154. The number of hydrogen-bond donors (Lipinski definition) is 0. The Morgan fingerprint density at radius 3 is 2.67 bits per heavy atom. The first-order valence-electron chi connectivity index (χ1n) is 6.35. The Labute approximate surface area is 120 Å². The third kappa shape index (κ3) is 2.08. The molecule has 3 rings (SSSR count). The Morgan fingerprint density at radius 2 is 2.14 bits per heavy atom. The van der Waals surface area contributed by atoms with Gasteiger partial charge in [-0.2, -0.15) is 22.8 Å². The highest BCUT2D eigenvalue weighted by atomic mass is 32.1. The van der Waals surface area contributed by atoms with Crippen LogP contribution in [0.15, 0.2) is 0 Å². The molecule has 6 nitrogen and oxygen atoms in total. The van der Waals surface area contributed by atoms with Crippen LogP contribution in [0, 0.1) is 0 Å². The van der Waals surface area contributed by atoms with Gasteiger partial charge in [-0.1, -0.05) is 17.8 Å². The Hall–Kier alpha value is -1.71. The van der Waals surface area contributed by atoms with Crippen LogP contribution in [0.25, 0.3) is 4.96 Å². The number of ether oxygens (including phenoxy) is 1. The Bertz CT molecular complexity index is 689. The van der Waals surface area contributed by atoms with Crippen molar-refractivity contribution >= 4 is 22.3 Å². The summed E-state index contributed by atoms with van der Waals surface area (Å²) in [5.41, 5.74) is -0.926. The zero-order valence-corrected chi connectivity index (χ0v) is 11.8. The van der Waals surface area contributed by atoms with Crippen molar-refractivity contribution in [2.45, 2.75) is 37.8 Å². The lowest BCUT2D eigenvalue weighted by atomic mass is 9.69. The first-order valence-corrected chi connectivity index (χ1v) is 7.17. The summed E-state index contributed by atoms with van der Waals surface area (Å²) < 4.78 is 44.0. The number of esters is 1. The van der Waals surface area contributed by atoms with Crippen molar-refractivity contribution < 1.29 is 22.7 Å². The summed E-state index contributed by atoms with van der Waals surface area (Å²) in [5, 5.41) is 10.8. The van der Waals surface area contributed by atoms with E-state index in [1.807, 2.05) is 0 Å². The Morgan fingerprint density at radius 1 is 1.43 bits per heavy atom. The maximum absolute atomic E-state index is 12.8. The molecule has 0 aliphatic heterocycles. The largest absolute Gasteiger partial charge is 0.465 e. The predicted octanol–water partition coefficient (Wildman–Crippen LogP) is 2.19. The number of nitrogens with zero attached hydrogens (tertiary/aromatic N) is 4. The topological polar surface area (TPSA) is 69.4 Å². The molecule has 0 radical (unpaired) electrons. The molecule has 2 aromatic rings. The van der Waals surface area contributed by atoms with Gasteiger partial charge in [-0.05, 0) is 19.8 Å². The van der Waals surface area contributed by atoms with E-state index in [1.54, 1.807) is 6.92 Å². The summed E-state index contributed by atoms with van der Waals surface area (Å²) in [6.07, 6.45) is -2.78. The molecule has 1 aliphatic carbocycles. The summed E-state index contributed by atoms with van der Waals surface area (Å²) >= 11 is 0.949. The fraction of sp³-hybridized carbons (Fsp3) is 0.636. The summed E-state index contributed by atoms with van der Waals surface area (Å²) in [6.45, 7) is 1.91. The monoisotopic (exact) mass is 320 g/mol. The standard InChI is InChI=1S/C11H11F3N4O2S/c1-2-20-8(19)10(4-3-5-10)7-17-18-6(11(12,13)14)15-16-9(18)21-7/h2-5H2,1H3. The molecule has 0 bridgehead atoms. The van der Waals surface area contributed by atoms with Gasteiger partial charge in [-0.25, -0.2) is 0 Å². The Kier molecular flexibility index (Phi) is 3.15. The van der Waals surface area contributed by atoms with E-state index in [9.17, 15) is 18.0 Å². The maximum Gasteiger partial charge on any atom is 0.453 e. The van der Waals surface area contributed by atoms with Gasteiger partial charge in [0.25, 0.3) is 5.82 Å². The highest BCUT2D eigenvalue weighted by molar-refractivity contribution is 7.17. The second kappa shape index (κ2) is 4.65. The molecule has 2 aromatic heterocycles. The molecule has 21 heavy (non-hydrogen) atoms. The number of hydrogen-bond acceptors (Lipinski definition) is 6. The molecule has 1 saturated carbocycles. The minimum atomic E-state index is -4.64. The van der Waals surface area contributed by atoms with Crippen molar-refractivity contribution in [3.05, 3.63) is 10.8 Å². The van der Waals surface area contributed by atoms with Crippen LogP contribution in [0.5, 0.6) is 0 Å². The molecule has 1 aliphatic rings. The average molecular weight is 320 g/mol. The lowest BCUT2D eigenvalue weighted by Crippen LogP contribution is -2.43. The van der Waals surface area contributed by atoms with Gasteiger partial charge < -0.3 is 4.74 Å². The zero-order valence-electron chi connectivity index (χ0n) is 11.0. The normalized spacial score (nSPS) is 17.7. The van der Waals surface area contributed by atoms with E-state index in [1.165, 1.54) is 0 Å². The molecule has 1 fully saturated rings. The second-order valence-electron chi connectivity index (χ2n) is 4.78. The van der Waals surface area contributed by atoms with Crippen LogP contribution < -0.4 is 0 Å². The van der Waals surface area contributed by atoms with E-state index in [2.05, 4.69) is 15.3 Å². The van der Waals surface area contributed by atoms with Crippen molar-refractivity contribution in [2.75, 3.05) is 6.61 Å². The van der Waals surface area contributed by atoms with Crippen LogP contribution in [0.4, 0.5) is 13.2 Å². The van der Waals surface area contributed by atoms with Crippen molar-refractivity contribution in [3.8, 4) is 0 Å². The molecule has 0 unspecified atom stereocenters. The van der Waals surface area contributed by atoms with Gasteiger partial charge in [-0.3, -0.25) is 4.79 Å². The maximum atomic E-state index is 12.8. The van der Waals surface area contributed by atoms with Crippen LogP contribution in [0.2, 0.25) is 0 Å². The Balaban J connectivity index is 2.05. The lowest BCUT2D eigenvalue weighted by Gasteiger charge is -2.36. The van der Waals surface area contributed by atoms with Gasteiger partial charge in [0.05, 0.1) is 6.61 Å².